The second-order valence-corrected chi connectivity index (χ2v) is 7.19. The van der Waals surface area contributed by atoms with Crippen molar-refractivity contribution in [2.75, 3.05) is 66.4 Å². The van der Waals surface area contributed by atoms with E-state index in [1.54, 1.807) is 0 Å². The molecule has 0 aromatic rings. The SMILES string of the molecule is COCC(=O)NCCCCCOCCOCCOCCCCCNC(=O)C(C)C. The first-order valence-corrected chi connectivity index (χ1v) is 10.8. The van der Waals surface area contributed by atoms with Crippen molar-refractivity contribution in [2.45, 2.75) is 52.4 Å². The maximum absolute atomic E-state index is 11.4. The highest BCUT2D eigenvalue weighted by atomic mass is 16.5. The third kappa shape index (κ3) is 21.3. The van der Waals surface area contributed by atoms with E-state index in [0.717, 1.165) is 51.7 Å². The molecule has 0 saturated heterocycles. The molecule has 0 aromatic heterocycles. The zero-order valence-corrected chi connectivity index (χ0v) is 18.6. The van der Waals surface area contributed by atoms with Gasteiger partial charge in [-0.3, -0.25) is 9.59 Å². The molecule has 2 amide bonds. The van der Waals surface area contributed by atoms with Gasteiger partial charge in [-0.1, -0.05) is 13.8 Å². The fourth-order valence-electron chi connectivity index (χ4n) is 2.38. The number of ether oxygens (including phenoxy) is 4. The molecule has 0 fully saturated rings. The molecule has 8 heteroatoms. The van der Waals surface area contributed by atoms with E-state index in [1.807, 2.05) is 13.8 Å². The summed E-state index contributed by atoms with van der Waals surface area (Å²) in [5, 5.41) is 5.70. The zero-order chi connectivity index (χ0) is 21.6. The van der Waals surface area contributed by atoms with Crippen LogP contribution >= 0.6 is 0 Å². The first kappa shape index (κ1) is 27.8. The Morgan fingerprint density at radius 1 is 0.690 bits per heavy atom. The fourth-order valence-corrected chi connectivity index (χ4v) is 2.38. The summed E-state index contributed by atoms with van der Waals surface area (Å²) in [6, 6.07) is 0. The third-order valence-corrected chi connectivity index (χ3v) is 4.10. The molecule has 0 bridgehead atoms. The summed E-state index contributed by atoms with van der Waals surface area (Å²) in [5.41, 5.74) is 0. The molecular formula is C21H42N2O6. The molecule has 0 heterocycles. The van der Waals surface area contributed by atoms with Gasteiger partial charge in [-0.05, 0) is 38.5 Å². The third-order valence-electron chi connectivity index (χ3n) is 4.10. The zero-order valence-electron chi connectivity index (χ0n) is 18.6. The minimum atomic E-state index is -0.0723. The molecule has 0 spiro atoms. The van der Waals surface area contributed by atoms with Crippen LogP contribution in [0.1, 0.15) is 52.4 Å². The molecular weight excluding hydrogens is 376 g/mol. The van der Waals surface area contributed by atoms with Crippen molar-refractivity contribution >= 4 is 11.8 Å². The van der Waals surface area contributed by atoms with E-state index < -0.39 is 0 Å². The van der Waals surface area contributed by atoms with E-state index in [4.69, 9.17) is 18.9 Å². The maximum atomic E-state index is 11.4. The number of carbonyl (C=O) groups is 2. The van der Waals surface area contributed by atoms with Crippen LogP contribution < -0.4 is 10.6 Å². The smallest absolute Gasteiger partial charge is 0.245 e. The number of methoxy groups -OCH3 is 1. The lowest BCUT2D eigenvalue weighted by Gasteiger charge is -2.08. The van der Waals surface area contributed by atoms with Gasteiger partial charge in [0, 0.05) is 39.3 Å². The molecule has 8 nitrogen and oxygen atoms in total. The van der Waals surface area contributed by atoms with Crippen LogP contribution in [-0.4, -0.2) is 78.3 Å². The number of hydrogen-bond acceptors (Lipinski definition) is 6. The summed E-state index contributed by atoms with van der Waals surface area (Å²) in [5.74, 6) is 0.0961. The molecule has 0 rings (SSSR count). The fraction of sp³-hybridized carbons (Fsp3) is 0.905. The van der Waals surface area contributed by atoms with E-state index in [1.165, 1.54) is 7.11 Å². The van der Waals surface area contributed by atoms with Gasteiger partial charge in [0.15, 0.2) is 0 Å². The van der Waals surface area contributed by atoms with Crippen LogP contribution in [0.15, 0.2) is 0 Å². The van der Waals surface area contributed by atoms with E-state index >= 15 is 0 Å². The van der Waals surface area contributed by atoms with Gasteiger partial charge < -0.3 is 29.6 Å². The quantitative estimate of drug-likeness (QED) is 0.277. The van der Waals surface area contributed by atoms with Crippen LogP contribution in [0.3, 0.4) is 0 Å². The van der Waals surface area contributed by atoms with Gasteiger partial charge in [0.2, 0.25) is 11.8 Å². The van der Waals surface area contributed by atoms with Crippen molar-refractivity contribution in [1.29, 1.82) is 0 Å². The van der Waals surface area contributed by atoms with Crippen LogP contribution in [0.2, 0.25) is 0 Å². The van der Waals surface area contributed by atoms with Crippen LogP contribution in [0, 0.1) is 5.92 Å². The summed E-state index contributed by atoms with van der Waals surface area (Å²) in [6.07, 6.45) is 5.97. The summed E-state index contributed by atoms with van der Waals surface area (Å²) in [4.78, 5) is 22.5. The Hall–Kier alpha value is -1.22. The number of rotatable bonds is 21. The molecule has 29 heavy (non-hydrogen) atoms. The Bertz CT molecular complexity index is 393. The summed E-state index contributed by atoms with van der Waals surface area (Å²) >= 11 is 0. The average molecular weight is 419 g/mol. The Kier molecular flexibility index (Phi) is 20.6. The monoisotopic (exact) mass is 418 g/mol. The first-order valence-electron chi connectivity index (χ1n) is 10.8. The molecule has 0 aliphatic heterocycles. The second-order valence-electron chi connectivity index (χ2n) is 7.19. The molecule has 0 saturated carbocycles. The van der Waals surface area contributed by atoms with Gasteiger partial charge in [-0.25, -0.2) is 0 Å². The van der Waals surface area contributed by atoms with Crippen molar-refractivity contribution < 1.29 is 28.5 Å². The highest BCUT2D eigenvalue weighted by Gasteiger charge is 2.04. The van der Waals surface area contributed by atoms with E-state index in [9.17, 15) is 9.59 Å². The van der Waals surface area contributed by atoms with Gasteiger partial charge in [0.1, 0.15) is 6.61 Å². The second kappa shape index (κ2) is 21.5. The number of hydrogen-bond donors (Lipinski definition) is 2. The lowest BCUT2D eigenvalue weighted by Crippen LogP contribution is -2.28. The van der Waals surface area contributed by atoms with Crippen LogP contribution in [0.25, 0.3) is 0 Å². The molecule has 172 valence electrons. The Labute approximate surface area is 176 Å². The Morgan fingerprint density at radius 2 is 1.17 bits per heavy atom. The molecule has 0 aliphatic rings. The minimum Gasteiger partial charge on any atom is -0.379 e. The summed E-state index contributed by atoms with van der Waals surface area (Å²) < 4.78 is 21.2. The van der Waals surface area contributed by atoms with E-state index in [-0.39, 0.29) is 24.3 Å². The van der Waals surface area contributed by atoms with Gasteiger partial charge in [-0.2, -0.15) is 0 Å². The Morgan fingerprint density at radius 3 is 1.66 bits per heavy atom. The normalized spacial score (nSPS) is 11.0. The van der Waals surface area contributed by atoms with Gasteiger partial charge in [-0.15, -0.1) is 0 Å². The van der Waals surface area contributed by atoms with Gasteiger partial charge in [0.05, 0.1) is 26.4 Å². The summed E-state index contributed by atoms with van der Waals surface area (Å²) in [7, 11) is 1.51. The average Bonchev–Trinajstić information content (AvgIpc) is 2.69. The molecule has 0 unspecified atom stereocenters. The largest absolute Gasteiger partial charge is 0.379 e. The first-order chi connectivity index (χ1) is 14.1. The molecule has 0 aliphatic carbocycles. The minimum absolute atomic E-state index is 0.0516. The lowest BCUT2D eigenvalue weighted by atomic mass is 10.2. The molecule has 0 aromatic carbocycles. The van der Waals surface area contributed by atoms with E-state index in [2.05, 4.69) is 10.6 Å². The highest BCUT2D eigenvalue weighted by Crippen LogP contribution is 1.97. The number of nitrogens with one attached hydrogen (secondary N) is 2. The van der Waals surface area contributed by atoms with Crippen molar-refractivity contribution in [3.63, 3.8) is 0 Å². The predicted octanol–water partition coefficient (Wildman–Crippen LogP) is 1.91. The van der Waals surface area contributed by atoms with Crippen LogP contribution in [-0.2, 0) is 28.5 Å². The topological polar surface area (TPSA) is 95.1 Å². The van der Waals surface area contributed by atoms with Crippen LogP contribution in [0.5, 0.6) is 0 Å². The lowest BCUT2D eigenvalue weighted by molar-refractivity contribution is -0.125. The van der Waals surface area contributed by atoms with Gasteiger partial charge in [0.25, 0.3) is 0 Å². The van der Waals surface area contributed by atoms with Crippen molar-refractivity contribution in [2.24, 2.45) is 5.92 Å². The Balaban J connectivity index is 3.10. The number of carbonyl (C=O) groups excluding carboxylic acids is 2. The van der Waals surface area contributed by atoms with E-state index in [0.29, 0.717) is 39.6 Å². The number of amides is 2. The summed E-state index contributed by atoms with van der Waals surface area (Å²) in [6.45, 7) is 9.11. The maximum Gasteiger partial charge on any atom is 0.245 e. The standard InChI is InChI=1S/C21H42N2O6/c1-19(2)21(25)23-11-7-5-9-13-28-15-17-29-16-14-27-12-8-4-6-10-22-20(24)18-26-3/h19H,4-18H2,1-3H3,(H,22,24)(H,23,25). The molecule has 0 radical (unpaired) electrons. The van der Waals surface area contributed by atoms with Crippen molar-refractivity contribution in [1.82, 2.24) is 10.6 Å². The number of unbranched alkanes of at least 4 members (excludes halogenated alkanes) is 4. The highest BCUT2D eigenvalue weighted by molar-refractivity contribution is 5.77. The molecule has 0 atom stereocenters. The predicted molar refractivity (Wildman–Crippen MR) is 113 cm³/mol. The van der Waals surface area contributed by atoms with Crippen molar-refractivity contribution in [3.8, 4) is 0 Å². The van der Waals surface area contributed by atoms with Crippen LogP contribution in [0.4, 0.5) is 0 Å². The van der Waals surface area contributed by atoms with Crippen molar-refractivity contribution in [3.05, 3.63) is 0 Å². The molecule has 2 N–H and O–H groups in total. The van der Waals surface area contributed by atoms with Gasteiger partial charge >= 0.3 is 0 Å².